The molecule has 0 amide bonds. The zero-order valence-corrected chi connectivity index (χ0v) is 14.6. The van der Waals surface area contributed by atoms with Crippen molar-refractivity contribution in [1.82, 2.24) is 0 Å². The van der Waals surface area contributed by atoms with Gasteiger partial charge >= 0.3 is 0 Å². The van der Waals surface area contributed by atoms with Crippen molar-refractivity contribution < 1.29 is 9.05 Å². The average molecular weight is 339 g/mol. The summed E-state index contributed by atoms with van der Waals surface area (Å²) in [5, 5.41) is 4.07. The van der Waals surface area contributed by atoms with Crippen LogP contribution in [0, 0.1) is 0 Å². The second kappa shape index (κ2) is 8.06. The van der Waals surface area contributed by atoms with Crippen molar-refractivity contribution in [3.8, 4) is 0 Å². The number of nitrogens with zero attached hydrogens (tertiary/aromatic N) is 1. The van der Waals surface area contributed by atoms with Crippen LogP contribution in [-0.2, 0) is 15.6 Å². The van der Waals surface area contributed by atoms with Crippen LogP contribution < -0.4 is 0 Å². The summed E-state index contributed by atoms with van der Waals surface area (Å²) in [6.45, 7) is 0.528. The Bertz CT molecular complexity index is 764. The molecule has 0 saturated carbocycles. The Kier molecular flexibility index (Phi) is 5.59. The summed E-state index contributed by atoms with van der Waals surface area (Å²) in [5.41, 5.74) is 4.89. The molecular weight excluding hydrogens is 318 g/mol. The fourth-order valence-corrected chi connectivity index (χ4v) is 3.43. The minimum atomic E-state index is -0.932. The number of hydrogen-bond acceptors (Lipinski definition) is 3. The third-order valence-corrected chi connectivity index (χ3v) is 5.12. The minimum absolute atomic E-state index is 0.528. The van der Waals surface area contributed by atoms with Gasteiger partial charge in [-0.3, -0.25) is 4.21 Å². The predicted molar refractivity (Wildman–Crippen MR) is 99.5 cm³/mol. The lowest BCUT2D eigenvalue weighted by atomic mass is 10.0. The molecule has 3 nitrogen and oxygen atoms in total. The van der Waals surface area contributed by atoms with Gasteiger partial charge < -0.3 is 4.84 Å². The fraction of sp³-hybridized carbons (Fsp3) is 0.250. The minimum Gasteiger partial charge on any atom is -0.391 e. The molecule has 0 aliphatic heterocycles. The Labute approximate surface area is 145 Å². The average Bonchev–Trinajstić information content (AvgIpc) is 3.08. The maximum absolute atomic E-state index is 11.5. The smallest absolute Gasteiger partial charge is 0.138 e. The number of allylic oxidation sites excluding steroid dienone is 1. The van der Waals surface area contributed by atoms with Crippen LogP contribution >= 0.6 is 0 Å². The van der Waals surface area contributed by atoms with Crippen LogP contribution in [0.4, 0.5) is 0 Å². The van der Waals surface area contributed by atoms with Crippen LogP contribution in [-0.4, -0.2) is 23.3 Å². The molecule has 1 aliphatic rings. The largest absolute Gasteiger partial charge is 0.391 e. The van der Waals surface area contributed by atoms with Crippen LogP contribution in [0.2, 0.25) is 0 Å². The highest BCUT2D eigenvalue weighted by atomic mass is 32.2. The lowest BCUT2D eigenvalue weighted by molar-refractivity contribution is 0.168. The van der Waals surface area contributed by atoms with Crippen LogP contribution in [0.25, 0.3) is 5.57 Å². The van der Waals surface area contributed by atoms with E-state index in [4.69, 9.17) is 4.84 Å². The van der Waals surface area contributed by atoms with Crippen molar-refractivity contribution in [3.63, 3.8) is 0 Å². The van der Waals surface area contributed by atoms with Crippen LogP contribution in [0.5, 0.6) is 0 Å². The molecule has 4 heteroatoms. The highest BCUT2D eigenvalue weighted by Crippen LogP contribution is 2.34. The summed E-state index contributed by atoms with van der Waals surface area (Å²) in [6, 6.07) is 17.9. The van der Waals surface area contributed by atoms with Crippen molar-refractivity contribution in [2.75, 3.05) is 12.9 Å². The SMILES string of the molecule is CS(=O)c1ccc(C2=C(CO/N=C/c3ccccc3)CCC2)cc1. The first-order chi connectivity index (χ1) is 11.7. The van der Waals surface area contributed by atoms with Gasteiger partial charge in [0.15, 0.2) is 0 Å². The van der Waals surface area contributed by atoms with Gasteiger partial charge in [0.2, 0.25) is 0 Å². The predicted octanol–water partition coefficient (Wildman–Crippen LogP) is 4.41. The molecule has 0 N–H and O–H groups in total. The molecule has 1 aliphatic carbocycles. The van der Waals surface area contributed by atoms with Crippen LogP contribution in [0.1, 0.15) is 30.4 Å². The molecule has 0 saturated heterocycles. The first kappa shape index (κ1) is 16.7. The summed E-state index contributed by atoms with van der Waals surface area (Å²) in [7, 11) is -0.932. The summed E-state index contributed by atoms with van der Waals surface area (Å²) in [5.74, 6) is 0. The molecule has 0 bridgehead atoms. The second-order valence-electron chi connectivity index (χ2n) is 5.83. The molecule has 124 valence electrons. The van der Waals surface area contributed by atoms with E-state index in [-0.39, 0.29) is 0 Å². The molecule has 0 heterocycles. The van der Waals surface area contributed by atoms with Crippen molar-refractivity contribution in [3.05, 3.63) is 71.3 Å². The van der Waals surface area contributed by atoms with E-state index < -0.39 is 10.8 Å². The summed E-state index contributed by atoms with van der Waals surface area (Å²) >= 11 is 0. The maximum Gasteiger partial charge on any atom is 0.138 e. The quantitative estimate of drug-likeness (QED) is 0.577. The van der Waals surface area contributed by atoms with Gasteiger partial charge in [-0.05, 0) is 53.7 Å². The van der Waals surface area contributed by atoms with E-state index in [0.29, 0.717) is 6.61 Å². The van der Waals surface area contributed by atoms with Gasteiger partial charge in [0.05, 0.1) is 6.21 Å². The molecule has 0 fully saturated rings. The normalized spacial score (nSPS) is 15.9. The van der Waals surface area contributed by atoms with E-state index in [1.54, 1.807) is 12.5 Å². The molecule has 0 radical (unpaired) electrons. The number of oxime groups is 1. The standard InChI is InChI=1S/C20H21NO2S/c1-24(22)19-12-10-17(11-13-19)20-9-5-8-18(20)15-23-21-14-16-6-3-2-4-7-16/h2-4,6-7,10-14H,5,8-9,15H2,1H3/b21-14+. The van der Waals surface area contributed by atoms with Gasteiger partial charge in [-0.2, -0.15) is 0 Å². The first-order valence-corrected chi connectivity index (χ1v) is 9.65. The van der Waals surface area contributed by atoms with E-state index in [1.165, 1.54) is 16.7 Å². The monoisotopic (exact) mass is 339 g/mol. The zero-order chi connectivity index (χ0) is 16.8. The van der Waals surface area contributed by atoms with Gasteiger partial charge in [-0.25, -0.2) is 0 Å². The molecule has 0 aromatic heterocycles. The van der Waals surface area contributed by atoms with Crippen molar-refractivity contribution in [2.45, 2.75) is 24.2 Å². The lowest BCUT2D eigenvalue weighted by Gasteiger charge is -2.08. The molecule has 24 heavy (non-hydrogen) atoms. The molecule has 1 atom stereocenters. The van der Waals surface area contributed by atoms with Gasteiger partial charge in [0.25, 0.3) is 0 Å². The molecule has 1 unspecified atom stereocenters. The topological polar surface area (TPSA) is 38.7 Å². The Balaban J connectivity index is 1.66. The summed E-state index contributed by atoms with van der Waals surface area (Å²) < 4.78 is 11.5. The summed E-state index contributed by atoms with van der Waals surface area (Å²) in [6.07, 6.45) is 6.71. The van der Waals surface area contributed by atoms with Gasteiger partial charge in [-0.15, -0.1) is 0 Å². The number of benzene rings is 2. The van der Waals surface area contributed by atoms with E-state index in [2.05, 4.69) is 17.3 Å². The van der Waals surface area contributed by atoms with E-state index >= 15 is 0 Å². The van der Waals surface area contributed by atoms with Crippen molar-refractivity contribution in [1.29, 1.82) is 0 Å². The molecule has 2 aromatic rings. The van der Waals surface area contributed by atoms with E-state index in [1.807, 2.05) is 42.5 Å². The third-order valence-electron chi connectivity index (χ3n) is 4.18. The molecular formula is C20H21NO2S. The number of rotatable bonds is 6. The van der Waals surface area contributed by atoms with Crippen molar-refractivity contribution in [2.24, 2.45) is 5.16 Å². The Morgan fingerprint density at radius 3 is 2.54 bits per heavy atom. The Morgan fingerprint density at radius 2 is 1.83 bits per heavy atom. The first-order valence-electron chi connectivity index (χ1n) is 8.09. The van der Waals surface area contributed by atoms with Gasteiger partial charge in [0, 0.05) is 22.0 Å². The van der Waals surface area contributed by atoms with Gasteiger partial charge in [0.1, 0.15) is 6.61 Å². The highest BCUT2D eigenvalue weighted by molar-refractivity contribution is 7.84. The molecule has 0 spiro atoms. The number of hydrogen-bond donors (Lipinski definition) is 0. The van der Waals surface area contributed by atoms with E-state index in [0.717, 1.165) is 29.7 Å². The lowest BCUT2D eigenvalue weighted by Crippen LogP contribution is -1.95. The highest BCUT2D eigenvalue weighted by Gasteiger charge is 2.16. The van der Waals surface area contributed by atoms with Crippen molar-refractivity contribution >= 4 is 22.6 Å². The maximum atomic E-state index is 11.5. The van der Waals surface area contributed by atoms with E-state index in [9.17, 15) is 4.21 Å². The third kappa shape index (κ3) is 4.20. The van der Waals surface area contributed by atoms with Crippen LogP contribution in [0.15, 0.2) is 70.2 Å². The summed E-state index contributed by atoms with van der Waals surface area (Å²) in [4.78, 5) is 6.36. The van der Waals surface area contributed by atoms with Crippen LogP contribution in [0.3, 0.4) is 0 Å². The molecule has 3 rings (SSSR count). The Morgan fingerprint density at radius 1 is 1.08 bits per heavy atom. The second-order valence-corrected chi connectivity index (χ2v) is 7.21. The molecule has 2 aromatic carbocycles. The Hall–Kier alpha value is -2.20. The fourth-order valence-electron chi connectivity index (χ4n) is 2.91. The zero-order valence-electron chi connectivity index (χ0n) is 13.8. The van der Waals surface area contributed by atoms with Gasteiger partial charge in [-0.1, -0.05) is 47.6 Å².